The van der Waals surface area contributed by atoms with E-state index in [9.17, 15) is 14.4 Å². The van der Waals surface area contributed by atoms with Gasteiger partial charge in [-0.1, -0.05) is 30.4 Å². The van der Waals surface area contributed by atoms with Crippen molar-refractivity contribution in [3.8, 4) is 5.75 Å². The molecule has 1 saturated heterocycles. The van der Waals surface area contributed by atoms with Crippen LogP contribution in [0.1, 0.15) is 24.8 Å². The maximum atomic E-state index is 12.5. The zero-order valence-corrected chi connectivity index (χ0v) is 15.2. The standard InChI is InChI=1S/C20H24N2O4/c1-21(13-14-7-3-6-10-17(14)26-2)18(23)11-12-22-19(24)15-8-4-5-9-16(15)20(22)25/h3-7,10,15-16H,8-9,11-13H2,1-2H3. The molecule has 1 aliphatic heterocycles. The predicted octanol–water partition coefficient (Wildman–Crippen LogP) is 1.99. The summed E-state index contributed by atoms with van der Waals surface area (Å²) in [5.74, 6) is -0.130. The van der Waals surface area contributed by atoms with E-state index in [-0.39, 0.29) is 42.5 Å². The van der Waals surface area contributed by atoms with Crippen molar-refractivity contribution < 1.29 is 19.1 Å². The molecule has 26 heavy (non-hydrogen) atoms. The number of benzene rings is 1. The number of fused-ring (bicyclic) bond motifs is 1. The van der Waals surface area contributed by atoms with Gasteiger partial charge in [0, 0.05) is 32.1 Å². The van der Waals surface area contributed by atoms with E-state index in [0.29, 0.717) is 19.4 Å². The number of carbonyl (C=O) groups is 3. The van der Waals surface area contributed by atoms with Crippen LogP contribution < -0.4 is 4.74 Å². The number of imide groups is 1. The molecule has 138 valence electrons. The van der Waals surface area contributed by atoms with Crippen molar-refractivity contribution in [1.29, 1.82) is 0 Å². The lowest BCUT2D eigenvalue weighted by molar-refractivity contribution is -0.140. The lowest BCUT2D eigenvalue weighted by atomic mass is 9.85. The van der Waals surface area contributed by atoms with Crippen LogP contribution in [0.2, 0.25) is 0 Å². The lowest BCUT2D eigenvalue weighted by Crippen LogP contribution is -2.36. The summed E-state index contributed by atoms with van der Waals surface area (Å²) in [5.41, 5.74) is 0.913. The molecule has 1 aliphatic carbocycles. The number of allylic oxidation sites excluding steroid dienone is 2. The van der Waals surface area contributed by atoms with Crippen LogP contribution in [-0.4, -0.2) is 48.2 Å². The molecular weight excluding hydrogens is 332 g/mol. The maximum Gasteiger partial charge on any atom is 0.233 e. The average Bonchev–Trinajstić information content (AvgIpc) is 2.91. The fourth-order valence-corrected chi connectivity index (χ4v) is 3.66. The third kappa shape index (κ3) is 3.49. The third-order valence-corrected chi connectivity index (χ3v) is 5.17. The molecule has 1 aromatic rings. The fourth-order valence-electron chi connectivity index (χ4n) is 3.66. The van der Waals surface area contributed by atoms with Gasteiger partial charge in [-0.3, -0.25) is 19.3 Å². The molecule has 0 aromatic heterocycles. The number of hydrogen-bond donors (Lipinski definition) is 0. The van der Waals surface area contributed by atoms with Crippen LogP contribution in [0.25, 0.3) is 0 Å². The highest BCUT2D eigenvalue weighted by atomic mass is 16.5. The zero-order chi connectivity index (χ0) is 18.7. The van der Waals surface area contributed by atoms with Gasteiger partial charge in [-0.25, -0.2) is 0 Å². The van der Waals surface area contributed by atoms with Crippen LogP contribution in [0.15, 0.2) is 36.4 Å². The predicted molar refractivity (Wildman–Crippen MR) is 96.2 cm³/mol. The highest BCUT2D eigenvalue weighted by Gasteiger charge is 2.46. The first kappa shape index (κ1) is 18.2. The number of para-hydroxylation sites is 1. The van der Waals surface area contributed by atoms with Crippen molar-refractivity contribution in [2.75, 3.05) is 20.7 Å². The fraction of sp³-hybridized carbons (Fsp3) is 0.450. The van der Waals surface area contributed by atoms with Crippen LogP contribution in [0, 0.1) is 11.8 Å². The number of hydrogen-bond acceptors (Lipinski definition) is 4. The van der Waals surface area contributed by atoms with Crippen molar-refractivity contribution in [3.05, 3.63) is 42.0 Å². The van der Waals surface area contributed by atoms with Gasteiger partial charge < -0.3 is 9.64 Å². The molecule has 0 spiro atoms. The van der Waals surface area contributed by atoms with Crippen molar-refractivity contribution >= 4 is 17.7 Å². The van der Waals surface area contributed by atoms with Gasteiger partial charge in [0.2, 0.25) is 17.7 Å². The summed E-state index contributed by atoms with van der Waals surface area (Å²) >= 11 is 0. The minimum absolute atomic E-state index is 0.107. The van der Waals surface area contributed by atoms with Crippen LogP contribution in [0.4, 0.5) is 0 Å². The van der Waals surface area contributed by atoms with Crippen molar-refractivity contribution in [1.82, 2.24) is 9.80 Å². The highest BCUT2D eigenvalue weighted by Crippen LogP contribution is 2.35. The van der Waals surface area contributed by atoms with E-state index in [1.807, 2.05) is 36.4 Å². The first-order valence-corrected chi connectivity index (χ1v) is 8.89. The molecule has 1 heterocycles. The van der Waals surface area contributed by atoms with E-state index in [2.05, 4.69) is 0 Å². The molecule has 6 nitrogen and oxygen atoms in total. The molecule has 2 atom stereocenters. The van der Waals surface area contributed by atoms with Crippen molar-refractivity contribution in [2.24, 2.45) is 11.8 Å². The van der Waals surface area contributed by atoms with E-state index < -0.39 is 0 Å². The van der Waals surface area contributed by atoms with Gasteiger partial charge in [0.25, 0.3) is 0 Å². The molecule has 2 aliphatic rings. The van der Waals surface area contributed by atoms with E-state index in [4.69, 9.17) is 4.74 Å². The first-order valence-electron chi connectivity index (χ1n) is 8.89. The molecule has 0 radical (unpaired) electrons. The Kier molecular flexibility index (Phi) is 5.40. The second kappa shape index (κ2) is 7.72. The Labute approximate surface area is 153 Å². The normalized spacial score (nSPS) is 21.7. The second-order valence-corrected chi connectivity index (χ2v) is 6.80. The van der Waals surface area contributed by atoms with Crippen molar-refractivity contribution in [3.63, 3.8) is 0 Å². The first-order chi connectivity index (χ1) is 12.5. The summed E-state index contributed by atoms with van der Waals surface area (Å²) in [6.45, 7) is 0.569. The largest absolute Gasteiger partial charge is 0.496 e. The number of carbonyl (C=O) groups excluding carboxylic acids is 3. The quantitative estimate of drug-likeness (QED) is 0.578. The van der Waals surface area contributed by atoms with E-state index in [1.54, 1.807) is 19.1 Å². The van der Waals surface area contributed by atoms with Crippen LogP contribution in [0.5, 0.6) is 5.75 Å². The molecule has 0 saturated carbocycles. The van der Waals surface area contributed by atoms with Gasteiger partial charge in [-0.05, 0) is 18.9 Å². The maximum absolute atomic E-state index is 12.5. The Bertz CT molecular complexity index is 717. The minimum atomic E-state index is -0.242. The van der Waals surface area contributed by atoms with Crippen LogP contribution in [-0.2, 0) is 20.9 Å². The van der Waals surface area contributed by atoms with Gasteiger partial charge in [0.15, 0.2) is 0 Å². The molecular formula is C20H24N2O4. The lowest BCUT2D eigenvalue weighted by Gasteiger charge is -2.20. The number of methoxy groups -OCH3 is 1. The molecule has 6 heteroatoms. The molecule has 0 bridgehead atoms. The number of nitrogens with zero attached hydrogens (tertiary/aromatic N) is 2. The summed E-state index contributed by atoms with van der Waals surface area (Å²) in [6.07, 6.45) is 5.29. The highest BCUT2D eigenvalue weighted by molar-refractivity contribution is 6.05. The monoisotopic (exact) mass is 356 g/mol. The molecule has 2 unspecified atom stereocenters. The number of ether oxygens (including phenoxy) is 1. The van der Waals surface area contributed by atoms with Gasteiger partial charge in [-0.15, -0.1) is 0 Å². The van der Waals surface area contributed by atoms with E-state index in [0.717, 1.165) is 11.3 Å². The molecule has 1 fully saturated rings. The van der Waals surface area contributed by atoms with Crippen LogP contribution >= 0.6 is 0 Å². The summed E-state index contributed by atoms with van der Waals surface area (Å²) in [5, 5.41) is 0. The Balaban J connectivity index is 1.57. The molecule has 3 rings (SSSR count). The Hall–Kier alpha value is -2.63. The number of likely N-dealkylation sites (tertiary alicyclic amines) is 1. The van der Waals surface area contributed by atoms with Crippen molar-refractivity contribution in [2.45, 2.75) is 25.8 Å². The van der Waals surface area contributed by atoms with Gasteiger partial charge in [-0.2, -0.15) is 0 Å². The Morgan fingerprint density at radius 2 is 1.77 bits per heavy atom. The van der Waals surface area contributed by atoms with Crippen LogP contribution in [0.3, 0.4) is 0 Å². The molecule has 3 amide bonds. The SMILES string of the molecule is COc1ccccc1CN(C)C(=O)CCN1C(=O)C2CC=CCC2C1=O. The Morgan fingerprint density at radius 1 is 1.15 bits per heavy atom. The second-order valence-electron chi connectivity index (χ2n) is 6.80. The van der Waals surface area contributed by atoms with Gasteiger partial charge >= 0.3 is 0 Å². The molecule has 1 aromatic carbocycles. The van der Waals surface area contributed by atoms with E-state index >= 15 is 0 Å². The number of rotatable bonds is 6. The third-order valence-electron chi connectivity index (χ3n) is 5.17. The molecule has 0 N–H and O–H groups in total. The summed E-state index contributed by atoms with van der Waals surface area (Å²) in [4.78, 5) is 40.2. The van der Waals surface area contributed by atoms with Gasteiger partial charge in [0.1, 0.15) is 5.75 Å². The average molecular weight is 356 g/mol. The summed E-state index contributed by atoms with van der Waals surface area (Å²) < 4.78 is 5.31. The topological polar surface area (TPSA) is 66.9 Å². The Morgan fingerprint density at radius 3 is 2.38 bits per heavy atom. The summed E-state index contributed by atoms with van der Waals surface area (Å²) in [7, 11) is 3.31. The minimum Gasteiger partial charge on any atom is -0.496 e. The van der Waals surface area contributed by atoms with E-state index in [1.165, 1.54) is 4.90 Å². The zero-order valence-electron chi connectivity index (χ0n) is 15.2. The smallest absolute Gasteiger partial charge is 0.233 e. The van der Waals surface area contributed by atoms with Gasteiger partial charge in [0.05, 0.1) is 18.9 Å². The summed E-state index contributed by atoms with van der Waals surface area (Å²) in [6, 6.07) is 7.54. The number of amides is 3.